The summed E-state index contributed by atoms with van der Waals surface area (Å²) in [5.41, 5.74) is 8.14. The zero-order chi connectivity index (χ0) is 14.4. The van der Waals surface area contributed by atoms with Crippen molar-refractivity contribution in [2.75, 3.05) is 11.9 Å². The number of aromatic nitrogens is 2. The third-order valence-corrected chi connectivity index (χ3v) is 3.61. The number of carbonyl (C=O) groups excluding carboxylic acids is 1. The molecule has 0 bridgehead atoms. The van der Waals surface area contributed by atoms with Crippen molar-refractivity contribution in [2.24, 2.45) is 17.6 Å². The number of H-pyrrole nitrogens is 1. The molecule has 1 heterocycles. The van der Waals surface area contributed by atoms with Crippen LogP contribution in [-0.2, 0) is 4.79 Å². The van der Waals surface area contributed by atoms with Crippen LogP contribution in [0, 0.1) is 25.7 Å². The van der Waals surface area contributed by atoms with Crippen LogP contribution in [-0.4, -0.2) is 22.6 Å². The van der Waals surface area contributed by atoms with Gasteiger partial charge in [0.1, 0.15) is 0 Å². The summed E-state index contributed by atoms with van der Waals surface area (Å²) in [5, 5.41) is 9.86. The van der Waals surface area contributed by atoms with Gasteiger partial charge in [-0.1, -0.05) is 13.8 Å². The lowest BCUT2D eigenvalue weighted by atomic mass is 9.88. The number of amides is 1. The number of rotatable bonds is 7. The lowest BCUT2D eigenvalue weighted by Crippen LogP contribution is -2.18. The number of nitrogens with one attached hydrogen (secondary N) is 2. The molecular weight excluding hydrogens is 240 g/mol. The van der Waals surface area contributed by atoms with E-state index in [1.165, 1.54) is 0 Å². The first-order valence-electron chi connectivity index (χ1n) is 6.97. The average molecular weight is 266 g/mol. The zero-order valence-electron chi connectivity index (χ0n) is 12.4. The molecule has 4 N–H and O–H groups in total. The summed E-state index contributed by atoms with van der Waals surface area (Å²) >= 11 is 0. The van der Waals surface area contributed by atoms with Gasteiger partial charge in [0.25, 0.3) is 0 Å². The Labute approximate surface area is 115 Å². The summed E-state index contributed by atoms with van der Waals surface area (Å²) < 4.78 is 0. The Morgan fingerprint density at radius 3 is 2.53 bits per heavy atom. The molecule has 108 valence electrons. The van der Waals surface area contributed by atoms with E-state index in [9.17, 15) is 4.79 Å². The summed E-state index contributed by atoms with van der Waals surface area (Å²) in [6.45, 7) is 8.83. The van der Waals surface area contributed by atoms with Crippen molar-refractivity contribution in [3.8, 4) is 0 Å². The molecule has 1 aromatic rings. The molecule has 0 fully saturated rings. The summed E-state index contributed by atoms with van der Waals surface area (Å²) in [7, 11) is 0. The fraction of sp³-hybridized carbons (Fsp3) is 0.714. The molecule has 1 rings (SSSR count). The molecule has 1 aromatic heterocycles. The van der Waals surface area contributed by atoms with Gasteiger partial charge in [0.05, 0.1) is 17.1 Å². The summed E-state index contributed by atoms with van der Waals surface area (Å²) in [6, 6.07) is 0. The molecule has 0 aliphatic carbocycles. The van der Waals surface area contributed by atoms with Gasteiger partial charge in [0, 0.05) is 6.42 Å². The fourth-order valence-electron chi connectivity index (χ4n) is 2.28. The molecule has 1 unspecified atom stereocenters. The molecule has 5 heteroatoms. The second kappa shape index (κ2) is 7.28. The van der Waals surface area contributed by atoms with Crippen molar-refractivity contribution in [2.45, 2.75) is 47.0 Å². The van der Waals surface area contributed by atoms with E-state index in [-0.39, 0.29) is 5.91 Å². The molecule has 0 spiro atoms. The number of aryl methyl sites for hydroxylation is 2. The average Bonchev–Trinajstić information content (AvgIpc) is 2.66. The maximum atomic E-state index is 12.0. The van der Waals surface area contributed by atoms with E-state index < -0.39 is 0 Å². The van der Waals surface area contributed by atoms with E-state index in [0.717, 1.165) is 29.9 Å². The predicted molar refractivity (Wildman–Crippen MR) is 77.9 cm³/mol. The van der Waals surface area contributed by atoms with Crippen molar-refractivity contribution >= 4 is 11.6 Å². The van der Waals surface area contributed by atoms with Crippen LogP contribution in [0.2, 0.25) is 0 Å². The number of anilines is 1. The Balaban J connectivity index is 2.47. The molecule has 0 aliphatic rings. The van der Waals surface area contributed by atoms with Gasteiger partial charge in [-0.15, -0.1) is 0 Å². The highest BCUT2D eigenvalue weighted by atomic mass is 16.1. The van der Waals surface area contributed by atoms with Crippen LogP contribution in [0.4, 0.5) is 5.69 Å². The zero-order valence-corrected chi connectivity index (χ0v) is 12.4. The van der Waals surface area contributed by atoms with Crippen molar-refractivity contribution in [3.63, 3.8) is 0 Å². The van der Waals surface area contributed by atoms with Crippen LogP contribution in [0.25, 0.3) is 0 Å². The smallest absolute Gasteiger partial charge is 0.224 e. The van der Waals surface area contributed by atoms with E-state index in [4.69, 9.17) is 5.73 Å². The molecule has 19 heavy (non-hydrogen) atoms. The Bertz CT molecular complexity index is 392. The van der Waals surface area contributed by atoms with Crippen LogP contribution in [0.1, 0.15) is 44.5 Å². The van der Waals surface area contributed by atoms with Crippen molar-refractivity contribution in [1.82, 2.24) is 10.2 Å². The summed E-state index contributed by atoms with van der Waals surface area (Å²) in [6.07, 6.45) is 2.40. The van der Waals surface area contributed by atoms with Crippen molar-refractivity contribution in [3.05, 3.63) is 11.4 Å². The van der Waals surface area contributed by atoms with E-state index in [2.05, 4.69) is 29.4 Å². The number of hydrogen-bond acceptors (Lipinski definition) is 3. The van der Waals surface area contributed by atoms with Gasteiger partial charge < -0.3 is 11.1 Å². The maximum Gasteiger partial charge on any atom is 0.224 e. The van der Waals surface area contributed by atoms with Crippen molar-refractivity contribution in [1.29, 1.82) is 0 Å². The van der Waals surface area contributed by atoms with Crippen LogP contribution in [0.3, 0.4) is 0 Å². The molecule has 5 nitrogen and oxygen atoms in total. The summed E-state index contributed by atoms with van der Waals surface area (Å²) in [4.78, 5) is 12.0. The maximum absolute atomic E-state index is 12.0. The van der Waals surface area contributed by atoms with Gasteiger partial charge in [0.2, 0.25) is 5.91 Å². The first-order chi connectivity index (χ1) is 8.95. The minimum atomic E-state index is 0.0512. The molecule has 0 aromatic carbocycles. The molecule has 0 saturated heterocycles. The number of nitrogens with two attached hydrogens (primary N) is 1. The van der Waals surface area contributed by atoms with Gasteiger partial charge in [-0.05, 0) is 45.1 Å². The van der Waals surface area contributed by atoms with Gasteiger partial charge in [-0.2, -0.15) is 5.10 Å². The molecular formula is C14H26N4O. The van der Waals surface area contributed by atoms with Crippen LogP contribution in [0.5, 0.6) is 0 Å². The highest BCUT2D eigenvalue weighted by Gasteiger charge is 2.15. The van der Waals surface area contributed by atoms with Crippen LogP contribution in [0.15, 0.2) is 0 Å². The Morgan fingerprint density at radius 1 is 1.37 bits per heavy atom. The first-order valence-corrected chi connectivity index (χ1v) is 6.97. The minimum absolute atomic E-state index is 0.0512. The lowest BCUT2D eigenvalue weighted by Gasteiger charge is -2.19. The number of aromatic amines is 1. The van der Waals surface area contributed by atoms with E-state index >= 15 is 0 Å². The first kappa shape index (κ1) is 15.7. The Morgan fingerprint density at radius 2 is 2.05 bits per heavy atom. The summed E-state index contributed by atoms with van der Waals surface area (Å²) in [5.74, 6) is 1.13. The predicted octanol–water partition coefficient (Wildman–Crippen LogP) is 2.37. The molecule has 0 radical (unpaired) electrons. The number of carbonyl (C=O) groups is 1. The molecule has 0 aliphatic heterocycles. The van der Waals surface area contributed by atoms with E-state index in [0.29, 0.717) is 24.8 Å². The van der Waals surface area contributed by atoms with Crippen LogP contribution < -0.4 is 11.1 Å². The molecule has 0 saturated carbocycles. The SMILES string of the molecule is Cc1n[nH]c(C)c1NC(=O)CCC(CCN)C(C)C. The molecule has 1 amide bonds. The number of nitrogens with zero attached hydrogens (tertiary/aromatic N) is 1. The normalized spacial score (nSPS) is 12.7. The fourth-order valence-corrected chi connectivity index (χ4v) is 2.28. The standard InChI is InChI=1S/C14H26N4O/c1-9(2)12(7-8-15)5-6-13(19)16-14-10(3)17-18-11(14)4/h9,12H,5-8,15H2,1-4H3,(H,16,19)(H,17,18). The van der Waals surface area contributed by atoms with Gasteiger partial charge >= 0.3 is 0 Å². The third-order valence-electron chi connectivity index (χ3n) is 3.61. The van der Waals surface area contributed by atoms with Gasteiger partial charge in [0.15, 0.2) is 0 Å². The van der Waals surface area contributed by atoms with Crippen molar-refractivity contribution < 1.29 is 4.79 Å². The second-order valence-corrected chi connectivity index (χ2v) is 5.48. The quantitative estimate of drug-likeness (QED) is 0.708. The van der Waals surface area contributed by atoms with Crippen LogP contribution >= 0.6 is 0 Å². The number of hydrogen-bond donors (Lipinski definition) is 3. The lowest BCUT2D eigenvalue weighted by molar-refractivity contribution is -0.116. The Hall–Kier alpha value is -1.36. The monoisotopic (exact) mass is 266 g/mol. The Kier molecular flexibility index (Phi) is 6.02. The van der Waals surface area contributed by atoms with E-state index in [1.807, 2.05) is 13.8 Å². The highest BCUT2D eigenvalue weighted by molar-refractivity contribution is 5.91. The highest BCUT2D eigenvalue weighted by Crippen LogP contribution is 2.21. The topological polar surface area (TPSA) is 83.8 Å². The second-order valence-electron chi connectivity index (χ2n) is 5.48. The minimum Gasteiger partial charge on any atom is -0.330 e. The molecule has 1 atom stereocenters. The van der Waals surface area contributed by atoms with Gasteiger partial charge in [-0.25, -0.2) is 0 Å². The van der Waals surface area contributed by atoms with Gasteiger partial charge in [-0.3, -0.25) is 9.89 Å². The van der Waals surface area contributed by atoms with E-state index in [1.54, 1.807) is 0 Å². The third kappa shape index (κ3) is 4.67. The largest absolute Gasteiger partial charge is 0.330 e.